The molecule has 1 fully saturated rings. The van der Waals surface area contributed by atoms with Crippen molar-refractivity contribution in [2.75, 3.05) is 63.8 Å². The van der Waals surface area contributed by atoms with Gasteiger partial charge in [0.25, 0.3) is 5.91 Å². The number of piperazine rings is 1. The van der Waals surface area contributed by atoms with Gasteiger partial charge in [0.1, 0.15) is 11.4 Å². The number of carbonyl (C=O) groups is 1. The SMILES string of the molecule is COCCNc1nccc(C(=O)N2CCN(c3ccccc3OC)CC2)n1. The van der Waals surface area contributed by atoms with Gasteiger partial charge < -0.3 is 24.6 Å². The Morgan fingerprint density at radius 1 is 1.15 bits per heavy atom. The molecule has 0 spiro atoms. The number of hydrogen-bond donors (Lipinski definition) is 1. The van der Waals surface area contributed by atoms with Gasteiger partial charge in [-0.05, 0) is 18.2 Å². The maximum Gasteiger partial charge on any atom is 0.272 e. The van der Waals surface area contributed by atoms with Crippen molar-refractivity contribution in [2.45, 2.75) is 0 Å². The maximum atomic E-state index is 12.8. The third-order valence-corrected chi connectivity index (χ3v) is 4.46. The summed E-state index contributed by atoms with van der Waals surface area (Å²) >= 11 is 0. The summed E-state index contributed by atoms with van der Waals surface area (Å²) in [6, 6.07) is 9.59. The average molecular weight is 371 g/mol. The van der Waals surface area contributed by atoms with Crippen LogP contribution >= 0.6 is 0 Å². The summed E-state index contributed by atoms with van der Waals surface area (Å²) < 4.78 is 10.4. The number of para-hydroxylation sites is 2. The van der Waals surface area contributed by atoms with Crippen LogP contribution in [0.3, 0.4) is 0 Å². The van der Waals surface area contributed by atoms with Crippen LogP contribution in [-0.4, -0.2) is 74.3 Å². The molecular formula is C19H25N5O3. The van der Waals surface area contributed by atoms with E-state index >= 15 is 0 Å². The highest BCUT2D eigenvalue weighted by molar-refractivity contribution is 5.92. The second-order valence-electron chi connectivity index (χ2n) is 6.14. The predicted octanol–water partition coefficient (Wildman–Crippen LogP) is 1.51. The van der Waals surface area contributed by atoms with Crippen molar-refractivity contribution in [1.82, 2.24) is 14.9 Å². The summed E-state index contributed by atoms with van der Waals surface area (Å²) in [6.45, 7) is 3.89. The Morgan fingerprint density at radius 3 is 2.67 bits per heavy atom. The molecule has 3 rings (SSSR count). The number of benzene rings is 1. The van der Waals surface area contributed by atoms with Gasteiger partial charge in [-0.25, -0.2) is 9.97 Å². The zero-order valence-electron chi connectivity index (χ0n) is 15.7. The number of aromatic nitrogens is 2. The number of carbonyl (C=O) groups excluding carboxylic acids is 1. The summed E-state index contributed by atoms with van der Waals surface area (Å²) in [4.78, 5) is 25.3. The van der Waals surface area contributed by atoms with E-state index in [1.165, 1.54) is 0 Å². The highest BCUT2D eigenvalue weighted by Gasteiger charge is 2.24. The Labute approximate surface area is 159 Å². The van der Waals surface area contributed by atoms with E-state index in [1.807, 2.05) is 29.2 Å². The van der Waals surface area contributed by atoms with Crippen molar-refractivity contribution in [3.05, 3.63) is 42.2 Å². The first-order valence-electron chi connectivity index (χ1n) is 8.96. The zero-order chi connectivity index (χ0) is 19.1. The van der Waals surface area contributed by atoms with Crippen LogP contribution in [0.2, 0.25) is 0 Å². The molecule has 0 bridgehead atoms. The minimum absolute atomic E-state index is 0.0770. The third kappa shape index (κ3) is 4.65. The second kappa shape index (κ2) is 9.18. The van der Waals surface area contributed by atoms with Gasteiger partial charge in [-0.2, -0.15) is 0 Å². The van der Waals surface area contributed by atoms with Gasteiger partial charge in [-0.1, -0.05) is 12.1 Å². The molecule has 8 nitrogen and oxygen atoms in total. The molecule has 1 aromatic heterocycles. The van der Waals surface area contributed by atoms with Gasteiger partial charge in [0.15, 0.2) is 0 Å². The summed E-state index contributed by atoms with van der Waals surface area (Å²) in [7, 11) is 3.30. The fourth-order valence-electron chi connectivity index (χ4n) is 3.03. The smallest absolute Gasteiger partial charge is 0.272 e. The molecule has 1 amide bonds. The molecule has 0 saturated carbocycles. The zero-order valence-corrected chi connectivity index (χ0v) is 15.7. The number of nitrogens with zero attached hydrogens (tertiary/aromatic N) is 4. The monoisotopic (exact) mass is 371 g/mol. The lowest BCUT2D eigenvalue weighted by molar-refractivity contribution is 0.0740. The fraction of sp³-hybridized carbons (Fsp3) is 0.421. The van der Waals surface area contributed by atoms with E-state index in [9.17, 15) is 4.79 Å². The van der Waals surface area contributed by atoms with Crippen molar-refractivity contribution < 1.29 is 14.3 Å². The summed E-state index contributed by atoms with van der Waals surface area (Å²) in [5.74, 6) is 1.21. The molecule has 144 valence electrons. The van der Waals surface area contributed by atoms with Crippen LogP contribution < -0.4 is 15.0 Å². The van der Waals surface area contributed by atoms with Gasteiger partial charge in [0.05, 0.1) is 19.4 Å². The summed E-state index contributed by atoms with van der Waals surface area (Å²) in [5.41, 5.74) is 1.45. The number of hydrogen-bond acceptors (Lipinski definition) is 7. The molecule has 0 aliphatic carbocycles. The lowest BCUT2D eigenvalue weighted by Crippen LogP contribution is -2.49. The van der Waals surface area contributed by atoms with E-state index in [0.29, 0.717) is 37.9 Å². The molecule has 1 saturated heterocycles. The topological polar surface area (TPSA) is 79.8 Å². The molecule has 1 aliphatic rings. The standard InChI is InChI=1S/C19H25N5O3/c1-26-14-9-21-19-20-8-7-15(22-19)18(25)24-12-10-23(11-13-24)16-5-3-4-6-17(16)27-2/h3-8H,9-14H2,1-2H3,(H,20,21,22). The first-order valence-corrected chi connectivity index (χ1v) is 8.96. The highest BCUT2D eigenvalue weighted by Crippen LogP contribution is 2.28. The van der Waals surface area contributed by atoms with Gasteiger partial charge in [-0.3, -0.25) is 4.79 Å². The predicted molar refractivity (Wildman–Crippen MR) is 104 cm³/mol. The fourth-order valence-corrected chi connectivity index (χ4v) is 3.03. The molecule has 1 aliphatic heterocycles. The van der Waals surface area contributed by atoms with Crippen LogP contribution in [0.4, 0.5) is 11.6 Å². The van der Waals surface area contributed by atoms with Crippen LogP contribution in [-0.2, 0) is 4.74 Å². The first kappa shape index (κ1) is 18.9. The Bertz CT molecular complexity index is 763. The molecular weight excluding hydrogens is 346 g/mol. The minimum atomic E-state index is -0.0770. The molecule has 8 heteroatoms. The van der Waals surface area contributed by atoms with Crippen LogP contribution in [0.1, 0.15) is 10.5 Å². The number of nitrogens with one attached hydrogen (secondary N) is 1. The lowest BCUT2D eigenvalue weighted by Gasteiger charge is -2.36. The molecule has 27 heavy (non-hydrogen) atoms. The molecule has 0 atom stereocenters. The normalized spacial score (nSPS) is 14.1. The van der Waals surface area contributed by atoms with E-state index < -0.39 is 0 Å². The summed E-state index contributed by atoms with van der Waals surface area (Å²) in [5, 5.41) is 3.04. The number of methoxy groups -OCH3 is 2. The lowest BCUT2D eigenvalue weighted by atomic mass is 10.2. The molecule has 1 aromatic carbocycles. The van der Waals surface area contributed by atoms with Crippen LogP contribution in [0.15, 0.2) is 36.5 Å². The van der Waals surface area contributed by atoms with Crippen LogP contribution in [0.25, 0.3) is 0 Å². The summed E-state index contributed by atoms with van der Waals surface area (Å²) in [6.07, 6.45) is 1.60. The van der Waals surface area contributed by atoms with Crippen molar-refractivity contribution in [1.29, 1.82) is 0 Å². The largest absolute Gasteiger partial charge is 0.495 e. The molecule has 0 radical (unpaired) electrons. The van der Waals surface area contributed by atoms with E-state index in [0.717, 1.165) is 24.5 Å². The van der Waals surface area contributed by atoms with Crippen LogP contribution in [0.5, 0.6) is 5.75 Å². The number of ether oxygens (including phenoxy) is 2. The molecule has 1 N–H and O–H groups in total. The second-order valence-corrected chi connectivity index (χ2v) is 6.14. The first-order chi connectivity index (χ1) is 13.2. The van der Waals surface area contributed by atoms with Crippen molar-refractivity contribution in [3.63, 3.8) is 0 Å². The van der Waals surface area contributed by atoms with Crippen LogP contribution in [0, 0.1) is 0 Å². The Hall–Kier alpha value is -2.87. The van der Waals surface area contributed by atoms with E-state index in [4.69, 9.17) is 9.47 Å². The Kier molecular flexibility index (Phi) is 6.43. The van der Waals surface area contributed by atoms with E-state index in [2.05, 4.69) is 20.2 Å². The maximum absolute atomic E-state index is 12.8. The Morgan fingerprint density at radius 2 is 1.93 bits per heavy atom. The molecule has 0 unspecified atom stereocenters. The third-order valence-electron chi connectivity index (χ3n) is 4.46. The quantitative estimate of drug-likeness (QED) is 0.739. The minimum Gasteiger partial charge on any atom is -0.495 e. The molecule has 2 aromatic rings. The number of rotatable bonds is 7. The van der Waals surface area contributed by atoms with Crippen molar-refractivity contribution in [3.8, 4) is 5.75 Å². The van der Waals surface area contributed by atoms with Crippen molar-refractivity contribution >= 4 is 17.5 Å². The molecule has 2 heterocycles. The van der Waals surface area contributed by atoms with Gasteiger partial charge >= 0.3 is 0 Å². The van der Waals surface area contributed by atoms with Gasteiger partial charge in [0, 0.05) is 46.0 Å². The van der Waals surface area contributed by atoms with Gasteiger partial charge in [0.2, 0.25) is 5.95 Å². The van der Waals surface area contributed by atoms with Crippen molar-refractivity contribution in [2.24, 2.45) is 0 Å². The number of anilines is 2. The van der Waals surface area contributed by atoms with E-state index in [1.54, 1.807) is 26.5 Å². The van der Waals surface area contributed by atoms with Gasteiger partial charge in [-0.15, -0.1) is 0 Å². The Balaban J connectivity index is 1.61. The number of amides is 1. The van der Waals surface area contributed by atoms with E-state index in [-0.39, 0.29) is 5.91 Å². The average Bonchev–Trinajstić information content (AvgIpc) is 2.74. The highest BCUT2D eigenvalue weighted by atomic mass is 16.5.